The molecule has 0 N–H and O–H groups in total. The van der Waals surface area contributed by atoms with E-state index in [9.17, 15) is 0 Å². The van der Waals surface area contributed by atoms with Gasteiger partial charge in [-0.15, -0.1) is 0 Å². The molecule has 0 saturated carbocycles. The Balaban J connectivity index is 2.11. The van der Waals surface area contributed by atoms with Crippen LogP contribution < -0.4 is 0 Å². The third-order valence-corrected chi connectivity index (χ3v) is 3.56. The molecule has 0 aliphatic rings. The molecule has 0 heterocycles. The Morgan fingerprint density at radius 2 is 1.45 bits per heavy atom. The maximum Gasteiger partial charge on any atom is -0.0224 e. The van der Waals surface area contributed by atoms with Gasteiger partial charge in [-0.3, -0.25) is 0 Å². The molecule has 110 valence electrons. The van der Waals surface area contributed by atoms with Crippen LogP contribution in [0.5, 0.6) is 0 Å². The Bertz CT molecular complexity index is 685. The zero-order valence-electron chi connectivity index (χ0n) is 13.1. The van der Waals surface area contributed by atoms with E-state index in [1.54, 1.807) is 0 Å². The molecule has 0 aromatic heterocycles. The first-order chi connectivity index (χ1) is 10.7. The SMILES string of the molecule is C=C(/C=C/c1ccccc1)C(=C)/C=C(\CC)c1ccccc1. The molecular formula is C22H22. The number of hydrogen-bond acceptors (Lipinski definition) is 0. The molecule has 0 nitrogen and oxygen atoms in total. The second-order valence-corrected chi connectivity index (χ2v) is 5.18. The van der Waals surface area contributed by atoms with Gasteiger partial charge in [-0.05, 0) is 34.3 Å². The van der Waals surface area contributed by atoms with Crippen molar-refractivity contribution >= 4 is 11.6 Å². The minimum absolute atomic E-state index is 0.936. The van der Waals surface area contributed by atoms with Crippen molar-refractivity contribution < 1.29 is 0 Å². The number of rotatable bonds is 6. The molecule has 0 atom stereocenters. The molecule has 22 heavy (non-hydrogen) atoms. The zero-order valence-corrected chi connectivity index (χ0v) is 13.1. The van der Waals surface area contributed by atoms with Gasteiger partial charge in [-0.25, -0.2) is 0 Å². The van der Waals surface area contributed by atoms with Crippen LogP contribution in [0.3, 0.4) is 0 Å². The van der Waals surface area contributed by atoms with E-state index in [-0.39, 0.29) is 0 Å². The smallest absolute Gasteiger partial charge is 0.0224 e. The van der Waals surface area contributed by atoms with Crippen LogP contribution in [0.15, 0.2) is 97.1 Å². The summed E-state index contributed by atoms with van der Waals surface area (Å²) in [4.78, 5) is 0. The Kier molecular flexibility index (Phi) is 5.73. The van der Waals surface area contributed by atoms with Crippen LogP contribution in [0, 0.1) is 0 Å². The van der Waals surface area contributed by atoms with E-state index in [1.165, 1.54) is 16.7 Å². The van der Waals surface area contributed by atoms with Gasteiger partial charge in [-0.2, -0.15) is 0 Å². The fourth-order valence-corrected chi connectivity index (χ4v) is 2.21. The lowest BCUT2D eigenvalue weighted by Crippen LogP contribution is -1.86. The zero-order chi connectivity index (χ0) is 15.8. The summed E-state index contributed by atoms with van der Waals surface area (Å²) in [5.41, 5.74) is 5.57. The second kappa shape index (κ2) is 7.99. The molecule has 0 radical (unpaired) electrons. The molecule has 0 spiro atoms. The van der Waals surface area contributed by atoms with Crippen LogP contribution >= 0.6 is 0 Å². The lowest BCUT2D eigenvalue weighted by Gasteiger charge is -2.07. The second-order valence-electron chi connectivity index (χ2n) is 5.18. The van der Waals surface area contributed by atoms with Crippen LogP contribution in [-0.4, -0.2) is 0 Å². The van der Waals surface area contributed by atoms with Crippen LogP contribution in [0.4, 0.5) is 0 Å². The van der Waals surface area contributed by atoms with Gasteiger partial charge in [0.25, 0.3) is 0 Å². The van der Waals surface area contributed by atoms with Crippen molar-refractivity contribution in [3.05, 3.63) is 108 Å². The van der Waals surface area contributed by atoms with E-state index in [0.29, 0.717) is 0 Å². The normalized spacial score (nSPS) is 11.6. The van der Waals surface area contributed by atoms with E-state index >= 15 is 0 Å². The van der Waals surface area contributed by atoms with Crippen molar-refractivity contribution in [3.8, 4) is 0 Å². The first kappa shape index (κ1) is 15.8. The summed E-state index contributed by atoms with van der Waals surface area (Å²) >= 11 is 0. The van der Waals surface area contributed by atoms with Crippen molar-refractivity contribution in [2.75, 3.05) is 0 Å². The van der Waals surface area contributed by atoms with Gasteiger partial charge in [0.2, 0.25) is 0 Å². The highest BCUT2D eigenvalue weighted by molar-refractivity contribution is 5.70. The Labute approximate surface area is 133 Å². The monoisotopic (exact) mass is 286 g/mol. The Morgan fingerprint density at radius 3 is 2.05 bits per heavy atom. The van der Waals surface area contributed by atoms with Gasteiger partial charge >= 0.3 is 0 Å². The molecule has 0 fully saturated rings. The van der Waals surface area contributed by atoms with Crippen molar-refractivity contribution in [1.82, 2.24) is 0 Å². The van der Waals surface area contributed by atoms with E-state index < -0.39 is 0 Å². The molecule has 0 saturated heterocycles. The lowest BCUT2D eigenvalue weighted by molar-refractivity contribution is 1.23. The van der Waals surface area contributed by atoms with Crippen LogP contribution in [0.25, 0.3) is 11.6 Å². The minimum Gasteiger partial charge on any atom is -0.0912 e. The molecule has 0 bridgehead atoms. The molecule has 2 aromatic carbocycles. The molecule has 2 aromatic rings. The molecule has 0 unspecified atom stereocenters. The number of benzene rings is 2. The average Bonchev–Trinajstić information content (AvgIpc) is 2.59. The fourth-order valence-electron chi connectivity index (χ4n) is 2.21. The largest absolute Gasteiger partial charge is 0.0912 e. The maximum absolute atomic E-state index is 4.15. The average molecular weight is 286 g/mol. The highest BCUT2D eigenvalue weighted by Gasteiger charge is 2.00. The third kappa shape index (κ3) is 4.46. The van der Waals surface area contributed by atoms with Gasteiger partial charge < -0.3 is 0 Å². The van der Waals surface area contributed by atoms with Gasteiger partial charge in [0, 0.05) is 0 Å². The Morgan fingerprint density at radius 1 is 0.864 bits per heavy atom. The van der Waals surface area contributed by atoms with E-state index in [2.05, 4.69) is 68.6 Å². The molecule has 0 aliphatic heterocycles. The Hall–Kier alpha value is -2.60. The summed E-state index contributed by atoms with van der Waals surface area (Å²) in [6.45, 7) is 10.4. The summed E-state index contributed by atoms with van der Waals surface area (Å²) < 4.78 is 0. The molecule has 0 heteroatoms. The third-order valence-electron chi connectivity index (χ3n) is 3.56. The van der Waals surface area contributed by atoms with E-state index in [1.807, 2.05) is 30.3 Å². The van der Waals surface area contributed by atoms with Crippen LogP contribution in [0.2, 0.25) is 0 Å². The number of hydrogen-bond donors (Lipinski definition) is 0. The van der Waals surface area contributed by atoms with Crippen molar-refractivity contribution in [3.63, 3.8) is 0 Å². The number of allylic oxidation sites excluding steroid dienone is 5. The predicted molar refractivity (Wildman–Crippen MR) is 98.5 cm³/mol. The standard InChI is InChI=1S/C22H22/c1-4-21(22-13-9-6-10-14-22)17-19(3)18(2)15-16-20-11-7-5-8-12-20/h5-17H,2-4H2,1H3/b16-15+,21-17+. The van der Waals surface area contributed by atoms with Crippen molar-refractivity contribution in [1.29, 1.82) is 0 Å². The van der Waals surface area contributed by atoms with E-state index in [4.69, 9.17) is 0 Å². The lowest BCUT2D eigenvalue weighted by atomic mass is 9.98. The molecular weight excluding hydrogens is 264 g/mol. The summed E-state index contributed by atoms with van der Waals surface area (Å²) in [6, 6.07) is 20.6. The van der Waals surface area contributed by atoms with Crippen LogP contribution in [-0.2, 0) is 0 Å². The van der Waals surface area contributed by atoms with Gasteiger partial charge in [0.05, 0.1) is 0 Å². The summed E-state index contributed by atoms with van der Waals surface area (Å²) in [7, 11) is 0. The highest BCUT2D eigenvalue weighted by atomic mass is 14.1. The quantitative estimate of drug-likeness (QED) is 0.546. The van der Waals surface area contributed by atoms with Crippen LogP contribution in [0.1, 0.15) is 24.5 Å². The first-order valence-corrected chi connectivity index (χ1v) is 7.58. The first-order valence-electron chi connectivity index (χ1n) is 7.58. The summed E-state index contributed by atoms with van der Waals surface area (Å²) in [6.07, 6.45) is 7.19. The molecule has 0 amide bonds. The van der Waals surface area contributed by atoms with Crippen molar-refractivity contribution in [2.24, 2.45) is 0 Å². The van der Waals surface area contributed by atoms with Gasteiger partial charge in [-0.1, -0.05) is 99.0 Å². The van der Waals surface area contributed by atoms with Crippen molar-refractivity contribution in [2.45, 2.75) is 13.3 Å². The maximum atomic E-state index is 4.15. The predicted octanol–water partition coefficient (Wildman–Crippen LogP) is 6.31. The highest BCUT2D eigenvalue weighted by Crippen LogP contribution is 2.22. The minimum atomic E-state index is 0.936. The molecule has 0 aliphatic carbocycles. The fraction of sp³-hybridized carbons (Fsp3) is 0.0909. The summed E-state index contributed by atoms with van der Waals surface area (Å²) in [5.74, 6) is 0. The molecule has 2 rings (SSSR count). The van der Waals surface area contributed by atoms with E-state index in [0.717, 1.165) is 17.6 Å². The topological polar surface area (TPSA) is 0 Å². The van der Waals surface area contributed by atoms with Gasteiger partial charge in [0.15, 0.2) is 0 Å². The van der Waals surface area contributed by atoms with Gasteiger partial charge in [0.1, 0.15) is 0 Å². The summed E-state index contributed by atoms with van der Waals surface area (Å²) in [5, 5.41) is 0.